The van der Waals surface area contributed by atoms with Crippen molar-refractivity contribution in [3.05, 3.63) is 0 Å². The van der Waals surface area contributed by atoms with Crippen molar-refractivity contribution in [3.63, 3.8) is 0 Å². The molecular weight excluding hydrogens is 664 g/mol. The van der Waals surface area contributed by atoms with E-state index in [0.29, 0.717) is 54.8 Å². The topological polar surface area (TPSA) is 194 Å². The number of Topliss-reactive ketones (excluding diaryl/α,β-unsaturated/α-hetero) is 1. The summed E-state index contributed by atoms with van der Waals surface area (Å²) in [6.45, 7) is 9.24. The Morgan fingerprint density at radius 2 is 1.57 bits per heavy atom. The quantitative estimate of drug-likeness (QED) is 0.222. The summed E-state index contributed by atoms with van der Waals surface area (Å²) >= 11 is 0. The zero-order valence-corrected chi connectivity index (χ0v) is 30.4. The Morgan fingerprint density at radius 3 is 2.29 bits per heavy atom. The van der Waals surface area contributed by atoms with Gasteiger partial charge in [0.05, 0.1) is 32.0 Å². The van der Waals surface area contributed by atoms with Crippen molar-refractivity contribution in [2.75, 3.05) is 19.8 Å². The number of hydrogen-bond acceptors (Lipinski definition) is 13. The van der Waals surface area contributed by atoms with Crippen LogP contribution < -0.4 is 0 Å². The first kappa shape index (κ1) is 37.1. The van der Waals surface area contributed by atoms with E-state index in [1.807, 2.05) is 0 Å². The molecule has 4 heterocycles. The predicted octanol–water partition coefficient (Wildman–Crippen LogP) is 1.26. The monoisotopic (exact) mass is 724 g/mol. The third-order valence-electron chi connectivity index (χ3n) is 15.6. The van der Waals surface area contributed by atoms with E-state index in [0.717, 1.165) is 45.1 Å². The molecule has 8 aliphatic rings. The first-order valence-corrected chi connectivity index (χ1v) is 19.6. The second-order valence-corrected chi connectivity index (χ2v) is 18.2. The molecule has 1 spiro atoms. The maximum absolute atomic E-state index is 14.2. The molecular formula is C38H60O13. The molecule has 6 N–H and O–H groups in total. The number of ketones is 1. The van der Waals surface area contributed by atoms with Gasteiger partial charge in [-0.05, 0) is 85.4 Å². The Morgan fingerprint density at radius 1 is 0.824 bits per heavy atom. The normalized spacial score (nSPS) is 58.5. The summed E-state index contributed by atoms with van der Waals surface area (Å²) in [6, 6.07) is 0. The molecule has 0 aromatic heterocycles. The van der Waals surface area contributed by atoms with E-state index in [4.69, 9.17) is 28.4 Å². The van der Waals surface area contributed by atoms with Crippen LogP contribution >= 0.6 is 0 Å². The van der Waals surface area contributed by atoms with Gasteiger partial charge in [0.1, 0.15) is 48.5 Å². The molecule has 4 aliphatic heterocycles. The summed E-state index contributed by atoms with van der Waals surface area (Å²) in [7, 11) is 0. The molecule has 0 unspecified atom stereocenters. The van der Waals surface area contributed by atoms with E-state index in [-0.39, 0.29) is 35.2 Å². The zero-order valence-electron chi connectivity index (χ0n) is 30.4. The molecule has 4 saturated carbocycles. The smallest absolute Gasteiger partial charge is 0.186 e. The van der Waals surface area contributed by atoms with Crippen molar-refractivity contribution in [1.82, 2.24) is 0 Å². The van der Waals surface area contributed by atoms with Crippen molar-refractivity contribution in [2.45, 2.75) is 159 Å². The molecule has 0 aromatic rings. The summed E-state index contributed by atoms with van der Waals surface area (Å²) in [5.74, 6) is 2.18. The summed E-state index contributed by atoms with van der Waals surface area (Å²) in [6.07, 6.45) is -5.12. The Hall–Kier alpha value is -0.810. The molecule has 51 heavy (non-hydrogen) atoms. The van der Waals surface area contributed by atoms with Gasteiger partial charge >= 0.3 is 0 Å². The third kappa shape index (κ3) is 5.82. The largest absolute Gasteiger partial charge is 0.394 e. The SMILES string of the molecule is C[C@@H]1CC[C@@]2(OC1)O[C@H]1C[C@H]3[C@@H]4CC(=O)[C@H]5C[C@@H](O[C@@H]6O[C@H](CO)[C@@H](O[C@@H]7OC[C@H](O)[C@H](O)[C@H]7O)[C@H](O)[C@H]6O)CC[C@]5(C)[C@H]4CC[C@]3(C)[C@H]1[C@@H]2C. The number of carbonyl (C=O) groups is 1. The Balaban J connectivity index is 0.916. The maximum Gasteiger partial charge on any atom is 0.186 e. The van der Waals surface area contributed by atoms with Crippen LogP contribution in [0.1, 0.15) is 85.5 Å². The van der Waals surface area contributed by atoms with Crippen LogP contribution in [0.5, 0.6) is 0 Å². The molecule has 4 saturated heterocycles. The fourth-order valence-corrected chi connectivity index (χ4v) is 12.7. The second kappa shape index (κ2) is 13.4. The van der Waals surface area contributed by atoms with Gasteiger partial charge in [-0.3, -0.25) is 4.79 Å². The van der Waals surface area contributed by atoms with Gasteiger partial charge in [-0.25, -0.2) is 0 Å². The van der Waals surface area contributed by atoms with Crippen LogP contribution in [0.2, 0.25) is 0 Å². The third-order valence-corrected chi connectivity index (χ3v) is 15.6. The average Bonchev–Trinajstić information content (AvgIpc) is 3.55. The number of carbonyl (C=O) groups excluding carboxylic acids is 1. The number of ether oxygens (including phenoxy) is 6. The molecule has 21 atom stereocenters. The van der Waals surface area contributed by atoms with Crippen molar-refractivity contribution < 1.29 is 63.9 Å². The molecule has 0 radical (unpaired) electrons. The van der Waals surface area contributed by atoms with Crippen LogP contribution in [0.3, 0.4) is 0 Å². The van der Waals surface area contributed by atoms with E-state index in [1.165, 1.54) is 0 Å². The Kier molecular flexibility index (Phi) is 9.79. The lowest BCUT2D eigenvalue weighted by molar-refractivity contribution is -0.354. The van der Waals surface area contributed by atoms with Crippen LogP contribution in [-0.4, -0.2) is 130 Å². The number of aliphatic hydroxyl groups excluding tert-OH is 6. The van der Waals surface area contributed by atoms with Gasteiger partial charge in [0.25, 0.3) is 0 Å². The minimum Gasteiger partial charge on any atom is -0.394 e. The predicted molar refractivity (Wildman–Crippen MR) is 177 cm³/mol. The Labute approximate surface area is 300 Å². The van der Waals surface area contributed by atoms with Crippen LogP contribution in [-0.2, 0) is 33.2 Å². The van der Waals surface area contributed by atoms with Crippen LogP contribution in [0.4, 0.5) is 0 Å². The number of fused-ring (bicyclic) bond motifs is 7. The lowest BCUT2D eigenvalue weighted by atomic mass is 9.44. The fourth-order valence-electron chi connectivity index (χ4n) is 12.7. The average molecular weight is 725 g/mol. The standard InChI is InChI=1S/C38H60O13/c1-17-5-10-38(47-15-17)18(2)28-26(51-38)13-22-20-12-24(40)23-11-19(6-8-36(23,3)21(20)7-9-37(22,28)4)48-35-32(45)30(43)33(27(14-39)49-35)50-34-31(44)29(42)25(41)16-46-34/h17-23,25-35,39,41-45H,5-16H2,1-4H3/t17-,18+,19+,20-,21+,22+,23-,25+,26+,27-,28+,29+,30-,31-,32-,33-,34+,35-,36-,37+,38-/m1/s1. The number of aliphatic hydroxyl groups is 6. The van der Waals surface area contributed by atoms with Gasteiger partial charge in [0, 0.05) is 24.7 Å². The summed E-state index contributed by atoms with van der Waals surface area (Å²) in [4.78, 5) is 14.2. The fraction of sp³-hybridized carbons (Fsp3) is 0.974. The molecule has 0 aromatic carbocycles. The highest BCUT2D eigenvalue weighted by atomic mass is 16.7. The van der Waals surface area contributed by atoms with Crippen LogP contribution in [0, 0.1) is 52.3 Å². The Bertz CT molecular complexity index is 1290. The van der Waals surface area contributed by atoms with Crippen LogP contribution in [0.15, 0.2) is 0 Å². The second-order valence-electron chi connectivity index (χ2n) is 18.2. The van der Waals surface area contributed by atoms with Gasteiger partial charge in [-0.2, -0.15) is 0 Å². The van der Waals surface area contributed by atoms with Crippen molar-refractivity contribution >= 4 is 5.78 Å². The molecule has 0 bridgehead atoms. The maximum atomic E-state index is 14.2. The summed E-state index contributed by atoms with van der Waals surface area (Å²) in [5.41, 5.74) is -0.0420. The van der Waals surface area contributed by atoms with E-state index >= 15 is 0 Å². The highest BCUT2D eigenvalue weighted by Crippen LogP contribution is 2.71. The first-order chi connectivity index (χ1) is 24.2. The molecule has 0 amide bonds. The summed E-state index contributed by atoms with van der Waals surface area (Å²) in [5, 5.41) is 62.4. The van der Waals surface area contributed by atoms with Crippen molar-refractivity contribution in [1.29, 1.82) is 0 Å². The molecule has 4 aliphatic carbocycles. The molecule has 8 rings (SSSR count). The number of hydrogen-bond donors (Lipinski definition) is 6. The zero-order chi connectivity index (χ0) is 36.2. The van der Waals surface area contributed by atoms with Gasteiger partial charge in [-0.15, -0.1) is 0 Å². The number of rotatable bonds is 5. The first-order valence-electron chi connectivity index (χ1n) is 19.6. The molecule has 13 nitrogen and oxygen atoms in total. The molecule has 13 heteroatoms. The van der Waals surface area contributed by atoms with Crippen molar-refractivity contribution in [3.8, 4) is 0 Å². The highest BCUT2D eigenvalue weighted by molar-refractivity contribution is 5.83. The van der Waals surface area contributed by atoms with E-state index in [1.54, 1.807) is 0 Å². The molecule has 290 valence electrons. The minimum atomic E-state index is -1.62. The minimum absolute atomic E-state index is 0.118. The van der Waals surface area contributed by atoms with E-state index in [2.05, 4.69) is 27.7 Å². The van der Waals surface area contributed by atoms with Gasteiger partial charge in [0.15, 0.2) is 18.4 Å². The summed E-state index contributed by atoms with van der Waals surface area (Å²) < 4.78 is 36.6. The lowest BCUT2D eigenvalue weighted by Crippen LogP contribution is -2.63. The van der Waals surface area contributed by atoms with Crippen LogP contribution in [0.25, 0.3) is 0 Å². The van der Waals surface area contributed by atoms with Gasteiger partial charge < -0.3 is 59.1 Å². The van der Waals surface area contributed by atoms with Crippen molar-refractivity contribution in [2.24, 2.45) is 52.3 Å². The highest BCUT2D eigenvalue weighted by Gasteiger charge is 2.70. The van der Waals surface area contributed by atoms with Gasteiger partial charge in [0.2, 0.25) is 0 Å². The van der Waals surface area contributed by atoms with Gasteiger partial charge in [-0.1, -0.05) is 27.7 Å². The van der Waals surface area contributed by atoms with E-state index in [9.17, 15) is 35.4 Å². The van der Waals surface area contributed by atoms with E-state index < -0.39 is 73.8 Å². The lowest BCUT2D eigenvalue weighted by Gasteiger charge is -2.60. The molecule has 8 fully saturated rings.